The zero-order valence-corrected chi connectivity index (χ0v) is 14.6. The van der Waals surface area contributed by atoms with Crippen molar-refractivity contribution in [3.05, 3.63) is 17.0 Å². The summed E-state index contributed by atoms with van der Waals surface area (Å²) in [4.78, 5) is 0. The quantitative estimate of drug-likeness (QED) is 0.864. The van der Waals surface area contributed by atoms with Gasteiger partial charge in [0.15, 0.2) is 0 Å². The third-order valence-electron chi connectivity index (χ3n) is 5.29. The summed E-state index contributed by atoms with van der Waals surface area (Å²) in [5, 5.41) is 8.43. The largest absolute Gasteiger partial charge is 0.313 e. The highest BCUT2D eigenvalue weighted by molar-refractivity contribution is 5.25. The molecule has 1 heterocycles. The van der Waals surface area contributed by atoms with Gasteiger partial charge in [-0.05, 0) is 63.5 Å². The molecular weight excluding hydrogens is 258 g/mol. The SMILES string of the molecule is CCCNC(Cc1c(C)nn(C)c1C)C1CCCC(C)C1. The molecule has 1 aromatic rings. The Balaban J connectivity index is 2.11. The topological polar surface area (TPSA) is 29.9 Å². The van der Waals surface area contributed by atoms with Crippen LogP contribution in [0.1, 0.15) is 62.9 Å². The highest BCUT2D eigenvalue weighted by atomic mass is 15.3. The maximum absolute atomic E-state index is 4.59. The highest BCUT2D eigenvalue weighted by Gasteiger charge is 2.27. The Kier molecular flexibility index (Phi) is 5.86. The van der Waals surface area contributed by atoms with Gasteiger partial charge in [-0.3, -0.25) is 4.68 Å². The molecule has 0 saturated heterocycles. The number of aryl methyl sites for hydroxylation is 2. The van der Waals surface area contributed by atoms with E-state index in [1.54, 1.807) is 0 Å². The van der Waals surface area contributed by atoms with Crippen LogP contribution in [0, 0.1) is 25.7 Å². The van der Waals surface area contributed by atoms with Crippen molar-refractivity contribution < 1.29 is 0 Å². The predicted molar refractivity (Wildman–Crippen MR) is 89.6 cm³/mol. The summed E-state index contributed by atoms with van der Waals surface area (Å²) < 4.78 is 2.03. The Morgan fingerprint density at radius 3 is 2.67 bits per heavy atom. The molecule has 3 atom stereocenters. The zero-order valence-electron chi connectivity index (χ0n) is 14.6. The molecule has 1 saturated carbocycles. The molecule has 3 nitrogen and oxygen atoms in total. The maximum atomic E-state index is 4.59. The molecule has 0 spiro atoms. The first-order valence-electron chi connectivity index (χ1n) is 8.75. The van der Waals surface area contributed by atoms with Crippen molar-refractivity contribution in [2.75, 3.05) is 6.54 Å². The fourth-order valence-corrected chi connectivity index (χ4v) is 3.91. The van der Waals surface area contributed by atoms with Crippen molar-refractivity contribution >= 4 is 0 Å². The first-order valence-corrected chi connectivity index (χ1v) is 8.75. The standard InChI is InChI=1S/C18H33N3/c1-6-10-19-18(16-9-7-8-13(2)11-16)12-17-14(3)20-21(5)15(17)4/h13,16,18-19H,6-12H2,1-5H3. The van der Waals surface area contributed by atoms with Gasteiger partial charge in [0.1, 0.15) is 0 Å². The third kappa shape index (κ3) is 4.09. The molecule has 1 aliphatic carbocycles. The van der Waals surface area contributed by atoms with E-state index in [1.807, 2.05) is 4.68 Å². The van der Waals surface area contributed by atoms with Gasteiger partial charge in [-0.1, -0.05) is 26.7 Å². The molecule has 3 heteroatoms. The summed E-state index contributed by atoms with van der Waals surface area (Å²) in [6.07, 6.45) is 7.96. The minimum atomic E-state index is 0.620. The first-order chi connectivity index (χ1) is 10.0. The van der Waals surface area contributed by atoms with Crippen molar-refractivity contribution in [3.8, 4) is 0 Å². The lowest BCUT2D eigenvalue weighted by atomic mass is 9.77. The van der Waals surface area contributed by atoms with Gasteiger partial charge in [-0.15, -0.1) is 0 Å². The normalized spacial score (nSPS) is 24.2. The molecule has 1 fully saturated rings. The third-order valence-corrected chi connectivity index (χ3v) is 5.29. The van der Waals surface area contributed by atoms with Crippen LogP contribution < -0.4 is 5.32 Å². The second kappa shape index (κ2) is 7.44. The van der Waals surface area contributed by atoms with Gasteiger partial charge >= 0.3 is 0 Å². The maximum Gasteiger partial charge on any atom is 0.0628 e. The molecule has 120 valence electrons. The van der Waals surface area contributed by atoms with E-state index in [1.165, 1.54) is 49.1 Å². The van der Waals surface area contributed by atoms with Gasteiger partial charge < -0.3 is 5.32 Å². The Morgan fingerprint density at radius 2 is 2.10 bits per heavy atom. The number of hydrogen-bond acceptors (Lipinski definition) is 2. The fourth-order valence-electron chi connectivity index (χ4n) is 3.91. The van der Waals surface area contributed by atoms with Gasteiger partial charge in [-0.25, -0.2) is 0 Å². The minimum absolute atomic E-state index is 0.620. The van der Waals surface area contributed by atoms with Crippen molar-refractivity contribution in [2.24, 2.45) is 18.9 Å². The second-order valence-electron chi connectivity index (χ2n) is 7.07. The lowest BCUT2D eigenvalue weighted by Crippen LogP contribution is -2.40. The van der Waals surface area contributed by atoms with Crippen LogP contribution in [0.3, 0.4) is 0 Å². The first kappa shape index (κ1) is 16.5. The van der Waals surface area contributed by atoms with Crippen LogP contribution in [0.4, 0.5) is 0 Å². The molecule has 3 unspecified atom stereocenters. The number of rotatable bonds is 6. The smallest absolute Gasteiger partial charge is 0.0628 e. The average Bonchev–Trinajstić information content (AvgIpc) is 2.69. The molecule has 0 amide bonds. The van der Waals surface area contributed by atoms with E-state index in [-0.39, 0.29) is 0 Å². The summed E-state index contributed by atoms with van der Waals surface area (Å²) >= 11 is 0. The Labute approximate surface area is 130 Å². The van der Waals surface area contributed by atoms with Crippen LogP contribution in [0.25, 0.3) is 0 Å². The molecule has 0 bridgehead atoms. The number of aromatic nitrogens is 2. The average molecular weight is 291 g/mol. The van der Waals surface area contributed by atoms with Crippen LogP contribution in [0.2, 0.25) is 0 Å². The van der Waals surface area contributed by atoms with Crippen LogP contribution in [0.15, 0.2) is 0 Å². The minimum Gasteiger partial charge on any atom is -0.313 e. The number of nitrogens with one attached hydrogen (secondary N) is 1. The Bertz CT molecular complexity index is 450. The molecule has 0 aromatic carbocycles. The second-order valence-corrected chi connectivity index (χ2v) is 7.07. The van der Waals surface area contributed by atoms with E-state index in [0.29, 0.717) is 6.04 Å². The summed E-state index contributed by atoms with van der Waals surface area (Å²) in [5.41, 5.74) is 4.01. The van der Waals surface area contributed by atoms with Gasteiger partial charge in [0, 0.05) is 18.8 Å². The van der Waals surface area contributed by atoms with Crippen LogP contribution in [0.5, 0.6) is 0 Å². The van der Waals surface area contributed by atoms with E-state index in [4.69, 9.17) is 0 Å². The van der Waals surface area contributed by atoms with E-state index in [2.05, 4.69) is 45.2 Å². The Morgan fingerprint density at radius 1 is 1.33 bits per heavy atom. The zero-order chi connectivity index (χ0) is 15.4. The molecule has 1 aliphatic rings. The summed E-state index contributed by atoms with van der Waals surface area (Å²) in [5.74, 6) is 1.73. The van der Waals surface area contributed by atoms with Gasteiger partial charge in [0.2, 0.25) is 0 Å². The number of hydrogen-bond donors (Lipinski definition) is 1. The van der Waals surface area contributed by atoms with Gasteiger partial charge in [0.05, 0.1) is 5.69 Å². The lowest BCUT2D eigenvalue weighted by Gasteiger charge is -2.34. The van der Waals surface area contributed by atoms with Crippen molar-refractivity contribution in [1.82, 2.24) is 15.1 Å². The predicted octanol–water partition coefficient (Wildman–Crippen LogP) is 3.77. The monoisotopic (exact) mass is 291 g/mol. The molecule has 0 aliphatic heterocycles. The van der Waals surface area contributed by atoms with Gasteiger partial charge in [0.25, 0.3) is 0 Å². The lowest BCUT2D eigenvalue weighted by molar-refractivity contribution is 0.221. The van der Waals surface area contributed by atoms with Crippen LogP contribution >= 0.6 is 0 Å². The van der Waals surface area contributed by atoms with Crippen LogP contribution in [-0.2, 0) is 13.5 Å². The van der Waals surface area contributed by atoms with Crippen molar-refractivity contribution in [1.29, 1.82) is 0 Å². The summed E-state index contributed by atoms with van der Waals surface area (Å²) in [6, 6.07) is 0.620. The highest BCUT2D eigenvalue weighted by Crippen LogP contribution is 2.32. The molecule has 21 heavy (non-hydrogen) atoms. The molecule has 1 aromatic heterocycles. The molecule has 1 N–H and O–H groups in total. The summed E-state index contributed by atoms with van der Waals surface area (Å²) in [7, 11) is 2.06. The van der Waals surface area contributed by atoms with Gasteiger partial charge in [-0.2, -0.15) is 5.10 Å². The van der Waals surface area contributed by atoms with E-state index in [0.717, 1.165) is 24.8 Å². The Hall–Kier alpha value is -0.830. The molecule has 0 radical (unpaired) electrons. The van der Waals surface area contributed by atoms with E-state index < -0.39 is 0 Å². The summed E-state index contributed by atoms with van der Waals surface area (Å²) in [6.45, 7) is 10.2. The number of nitrogens with zero attached hydrogens (tertiary/aromatic N) is 2. The van der Waals surface area contributed by atoms with Crippen molar-refractivity contribution in [3.63, 3.8) is 0 Å². The van der Waals surface area contributed by atoms with E-state index in [9.17, 15) is 0 Å². The van der Waals surface area contributed by atoms with E-state index >= 15 is 0 Å². The molecular formula is C18H33N3. The van der Waals surface area contributed by atoms with Crippen molar-refractivity contribution in [2.45, 2.75) is 72.3 Å². The van der Waals surface area contributed by atoms with Crippen LogP contribution in [-0.4, -0.2) is 22.4 Å². The fraction of sp³-hybridized carbons (Fsp3) is 0.833. The molecule has 2 rings (SSSR count).